The van der Waals surface area contributed by atoms with Crippen LogP contribution in [0.4, 0.5) is 0 Å². The van der Waals surface area contributed by atoms with E-state index in [0.29, 0.717) is 12.8 Å². The van der Waals surface area contributed by atoms with E-state index < -0.39 is 75.8 Å². The zero-order valence-electron chi connectivity index (χ0n) is 18.4. The molecule has 4 aliphatic carbocycles. The smallest absolute Gasteiger partial charge is 0.303 e. The Balaban J connectivity index is 1.96. The predicted octanol–water partition coefficient (Wildman–Crippen LogP) is -0.290. The number of fused-ring (bicyclic) bond motifs is 2. The average Bonchev–Trinajstić information content (AvgIpc) is 2.77. The largest absolute Gasteiger partial charge is 0.459 e. The lowest BCUT2D eigenvalue weighted by Crippen LogP contribution is -2.62. The number of carbonyl (C=O) groups excluding carboxylic acids is 1. The van der Waals surface area contributed by atoms with Crippen molar-refractivity contribution in [2.75, 3.05) is 0 Å². The molecule has 4 aliphatic rings. The molecule has 30 heavy (non-hydrogen) atoms. The molecule has 0 aromatic carbocycles. The van der Waals surface area contributed by atoms with E-state index in [1.165, 1.54) is 13.8 Å². The highest BCUT2D eigenvalue weighted by Crippen LogP contribution is 2.70. The summed E-state index contributed by atoms with van der Waals surface area (Å²) in [5, 5.41) is 68.2. The third-order valence-corrected chi connectivity index (χ3v) is 9.53. The van der Waals surface area contributed by atoms with Crippen molar-refractivity contribution in [3.8, 4) is 0 Å². The molecule has 0 radical (unpaired) electrons. The molecule has 0 saturated heterocycles. The molecule has 1 unspecified atom stereocenters. The maximum absolute atomic E-state index is 12.1. The maximum Gasteiger partial charge on any atom is 0.303 e. The van der Waals surface area contributed by atoms with Gasteiger partial charge in [0, 0.05) is 29.6 Å². The van der Waals surface area contributed by atoms with Gasteiger partial charge in [-0.15, -0.1) is 0 Å². The molecule has 0 heterocycles. The average molecular weight is 429 g/mol. The summed E-state index contributed by atoms with van der Waals surface area (Å²) in [6.07, 6.45) is -3.76. The number of hydrogen-bond donors (Lipinski definition) is 6. The number of esters is 1. The van der Waals surface area contributed by atoms with E-state index in [2.05, 4.69) is 0 Å². The molecule has 8 nitrogen and oxygen atoms in total. The van der Waals surface area contributed by atoms with Crippen LogP contribution in [0.5, 0.6) is 0 Å². The SMILES string of the molecule is CC(=O)O[C@@H]1C[C@]23C[C@@](C)(O)[C@H](CC[C@H]2[C@@](C)(O)[C@@H]2[C@@H](O)[C@H](O)C(C)(C)[C@@]12O)C3O. The molecule has 0 amide bonds. The van der Waals surface area contributed by atoms with Crippen LogP contribution >= 0.6 is 0 Å². The van der Waals surface area contributed by atoms with Crippen molar-refractivity contribution in [1.82, 2.24) is 0 Å². The molecule has 172 valence electrons. The first-order valence-electron chi connectivity index (χ1n) is 10.9. The normalized spacial score (nSPS) is 59.2. The van der Waals surface area contributed by atoms with Gasteiger partial charge in [0.1, 0.15) is 11.7 Å². The van der Waals surface area contributed by atoms with Crippen molar-refractivity contribution in [1.29, 1.82) is 0 Å². The second-order valence-corrected chi connectivity index (χ2v) is 11.4. The number of carbonyl (C=O) groups is 1. The first-order valence-corrected chi connectivity index (χ1v) is 10.9. The van der Waals surface area contributed by atoms with Crippen LogP contribution in [0.15, 0.2) is 0 Å². The molecule has 11 atom stereocenters. The van der Waals surface area contributed by atoms with E-state index in [4.69, 9.17) is 4.74 Å². The highest BCUT2D eigenvalue weighted by molar-refractivity contribution is 5.66. The van der Waals surface area contributed by atoms with Gasteiger partial charge in [0.2, 0.25) is 0 Å². The molecular formula is C22H36O8. The number of hydrogen-bond acceptors (Lipinski definition) is 8. The Labute approximate surface area is 176 Å². The lowest BCUT2D eigenvalue weighted by molar-refractivity contribution is -0.218. The monoisotopic (exact) mass is 428 g/mol. The van der Waals surface area contributed by atoms with Gasteiger partial charge >= 0.3 is 5.97 Å². The van der Waals surface area contributed by atoms with Crippen molar-refractivity contribution in [3.05, 3.63) is 0 Å². The highest BCUT2D eigenvalue weighted by atomic mass is 16.6. The van der Waals surface area contributed by atoms with E-state index in [1.807, 2.05) is 0 Å². The first kappa shape index (κ1) is 22.4. The van der Waals surface area contributed by atoms with Crippen LogP contribution in [0, 0.1) is 28.6 Å². The van der Waals surface area contributed by atoms with Gasteiger partial charge in [-0.25, -0.2) is 0 Å². The summed E-state index contributed by atoms with van der Waals surface area (Å²) >= 11 is 0. The Kier molecular flexibility index (Phi) is 4.61. The standard InChI is InChI=1S/C22H36O8/c1-10(23)30-13-8-21-9-19(4,27)11(16(21)25)6-7-12(21)20(5,28)15-14(24)17(26)18(2,3)22(13,15)29/h11-17,24-29H,6-9H2,1-5H3/t11-,12+,13-,14-,15+,16?,17+,19-,20-,21+,22-/m1/s1. The molecule has 4 rings (SSSR count). The molecule has 4 saturated carbocycles. The fraction of sp³-hybridized carbons (Fsp3) is 0.955. The van der Waals surface area contributed by atoms with Gasteiger partial charge in [0.15, 0.2) is 0 Å². The quantitative estimate of drug-likeness (QED) is 0.312. The van der Waals surface area contributed by atoms with Crippen molar-refractivity contribution in [2.24, 2.45) is 28.6 Å². The molecule has 2 bridgehead atoms. The third kappa shape index (κ3) is 2.41. The second-order valence-electron chi connectivity index (χ2n) is 11.4. The van der Waals surface area contributed by atoms with E-state index in [0.717, 1.165) is 0 Å². The zero-order chi connectivity index (χ0) is 22.7. The molecular weight excluding hydrogens is 392 g/mol. The van der Waals surface area contributed by atoms with Crippen LogP contribution in [0.1, 0.15) is 60.3 Å². The minimum atomic E-state index is -1.95. The summed E-state index contributed by atoms with van der Waals surface area (Å²) in [7, 11) is 0. The highest BCUT2D eigenvalue weighted by Gasteiger charge is 2.79. The minimum absolute atomic E-state index is 0.0249. The number of aliphatic hydroxyl groups excluding tert-OH is 3. The Morgan fingerprint density at radius 3 is 2.13 bits per heavy atom. The summed E-state index contributed by atoms with van der Waals surface area (Å²) in [6.45, 7) is 7.60. The van der Waals surface area contributed by atoms with Gasteiger partial charge in [-0.3, -0.25) is 4.79 Å². The molecule has 8 heteroatoms. The van der Waals surface area contributed by atoms with E-state index >= 15 is 0 Å². The topological polar surface area (TPSA) is 148 Å². The summed E-state index contributed by atoms with van der Waals surface area (Å²) in [4.78, 5) is 12.0. The first-order chi connectivity index (χ1) is 13.5. The Morgan fingerprint density at radius 2 is 1.57 bits per heavy atom. The molecule has 1 spiro atoms. The van der Waals surface area contributed by atoms with Crippen LogP contribution < -0.4 is 0 Å². The van der Waals surface area contributed by atoms with Crippen LogP contribution in [-0.4, -0.2) is 77.8 Å². The Hall–Kier alpha value is -0.770. The fourth-order valence-corrected chi connectivity index (χ4v) is 8.25. The van der Waals surface area contributed by atoms with Crippen LogP contribution in [0.2, 0.25) is 0 Å². The van der Waals surface area contributed by atoms with Crippen LogP contribution in [0.3, 0.4) is 0 Å². The number of aliphatic hydroxyl groups is 6. The number of ether oxygens (including phenoxy) is 1. The fourth-order valence-electron chi connectivity index (χ4n) is 8.25. The molecule has 0 aromatic rings. The van der Waals surface area contributed by atoms with Gasteiger partial charge in [0.25, 0.3) is 0 Å². The third-order valence-electron chi connectivity index (χ3n) is 9.53. The summed E-state index contributed by atoms with van der Waals surface area (Å²) in [5.41, 5.74) is -7.12. The molecule has 0 aromatic heterocycles. The summed E-state index contributed by atoms with van der Waals surface area (Å²) < 4.78 is 5.61. The van der Waals surface area contributed by atoms with Gasteiger partial charge < -0.3 is 35.4 Å². The molecule has 4 fully saturated rings. The summed E-state index contributed by atoms with van der Waals surface area (Å²) in [5.74, 6) is -2.81. The van der Waals surface area contributed by atoms with Crippen molar-refractivity contribution >= 4 is 5.97 Å². The lowest BCUT2D eigenvalue weighted by Gasteiger charge is -2.51. The van der Waals surface area contributed by atoms with Crippen molar-refractivity contribution in [2.45, 2.75) is 102 Å². The Bertz CT molecular complexity index is 747. The van der Waals surface area contributed by atoms with Crippen LogP contribution in [-0.2, 0) is 9.53 Å². The number of rotatable bonds is 1. The lowest BCUT2D eigenvalue weighted by atomic mass is 9.57. The Morgan fingerprint density at radius 1 is 0.967 bits per heavy atom. The van der Waals surface area contributed by atoms with Crippen molar-refractivity contribution in [3.63, 3.8) is 0 Å². The van der Waals surface area contributed by atoms with E-state index in [1.54, 1.807) is 20.8 Å². The maximum atomic E-state index is 12.1. The van der Waals surface area contributed by atoms with Crippen molar-refractivity contribution < 1.29 is 40.2 Å². The molecule has 6 N–H and O–H groups in total. The second kappa shape index (κ2) is 6.17. The van der Waals surface area contributed by atoms with E-state index in [-0.39, 0.29) is 12.8 Å². The van der Waals surface area contributed by atoms with Gasteiger partial charge in [-0.2, -0.15) is 0 Å². The molecule has 0 aliphatic heterocycles. The van der Waals surface area contributed by atoms with Gasteiger partial charge in [-0.05, 0) is 45.4 Å². The predicted molar refractivity (Wildman–Crippen MR) is 105 cm³/mol. The minimum Gasteiger partial charge on any atom is -0.459 e. The zero-order valence-corrected chi connectivity index (χ0v) is 18.4. The van der Waals surface area contributed by atoms with Gasteiger partial charge in [0.05, 0.1) is 29.5 Å². The van der Waals surface area contributed by atoms with Crippen LogP contribution in [0.25, 0.3) is 0 Å². The summed E-state index contributed by atoms with van der Waals surface area (Å²) in [6, 6.07) is 0. The van der Waals surface area contributed by atoms with Gasteiger partial charge in [-0.1, -0.05) is 13.8 Å². The van der Waals surface area contributed by atoms with E-state index in [9.17, 15) is 35.4 Å².